The summed E-state index contributed by atoms with van der Waals surface area (Å²) in [5.74, 6) is 0.467. The van der Waals surface area contributed by atoms with Gasteiger partial charge in [0.05, 0.1) is 11.5 Å². The molecule has 1 saturated carbocycles. The molecule has 1 aromatic heterocycles. The van der Waals surface area contributed by atoms with Gasteiger partial charge in [-0.1, -0.05) is 31.3 Å². The number of hydrogen-bond donors (Lipinski definition) is 0. The Morgan fingerprint density at radius 3 is 2.71 bits per heavy atom. The van der Waals surface area contributed by atoms with Crippen LogP contribution in [-0.2, 0) is 16.5 Å². The molecule has 1 aliphatic rings. The van der Waals surface area contributed by atoms with Gasteiger partial charge in [0.1, 0.15) is 13.8 Å². The van der Waals surface area contributed by atoms with Crippen LogP contribution in [0.1, 0.15) is 45.0 Å². The van der Waals surface area contributed by atoms with Crippen LogP contribution in [-0.4, -0.2) is 44.0 Å². The van der Waals surface area contributed by atoms with Gasteiger partial charge in [-0.2, -0.15) is 4.57 Å². The highest BCUT2D eigenvalue weighted by Gasteiger charge is 2.32. The first kappa shape index (κ1) is 19.6. The van der Waals surface area contributed by atoms with Crippen molar-refractivity contribution < 1.29 is 14.0 Å². The van der Waals surface area contributed by atoms with Crippen molar-refractivity contribution in [3.63, 3.8) is 0 Å². The first-order valence-electron chi connectivity index (χ1n) is 9.07. The van der Waals surface area contributed by atoms with Crippen LogP contribution in [0.15, 0.2) is 17.7 Å². The molecule has 0 spiro atoms. The molecule has 136 valence electrons. The van der Waals surface area contributed by atoms with E-state index in [1.54, 1.807) is 18.4 Å². The van der Waals surface area contributed by atoms with E-state index >= 15 is 0 Å². The van der Waals surface area contributed by atoms with E-state index in [1.165, 1.54) is 23.4 Å². The SMILES string of the molecule is CCN(CC)C1CCC(/C=C(\C)c2scc[n+]2C)C(OCOC)C1. The van der Waals surface area contributed by atoms with E-state index in [4.69, 9.17) is 9.47 Å². The number of allylic oxidation sites excluding steroid dienone is 1. The molecule has 0 N–H and O–H groups in total. The van der Waals surface area contributed by atoms with E-state index in [0.29, 0.717) is 18.8 Å². The fourth-order valence-corrected chi connectivity index (χ4v) is 4.69. The van der Waals surface area contributed by atoms with Crippen LogP contribution in [0.5, 0.6) is 0 Å². The van der Waals surface area contributed by atoms with Gasteiger partial charge in [0, 0.05) is 24.6 Å². The molecule has 0 bridgehead atoms. The summed E-state index contributed by atoms with van der Waals surface area (Å²) in [7, 11) is 3.81. The molecule has 3 unspecified atom stereocenters. The maximum atomic E-state index is 6.07. The zero-order chi connectivity index (χ0) is 17.5. The predicted molar refractivity (Wildman–Crippen MR) is 99.9 cm³/mol. The third-order valence-corrected chi connectivity index (χ3v) is 6.22. The molecule has 0 aromatic carbocycles. The molecule has 3 atom stereocenters. The summed E-state index contributed by atoms with van der Waals surface area (Å²) in [6.45, 7) is 9.33. The molecule has 24 heavy (non-hydrogen) atoms. The second kappa shape index (κ2) is 9.66. The lowest BCUT2D eigenvalue weighted by Gasteiger charge is -2.39. The molecule has 4 nitrogen and oxygen atoms in total. The Morgan fingerprint density at radius 2 is 2.12 bits per heavy atom. The monoisotopic (exact) mass is 353 g/mol. The molecule has 1 aliphatic carbocycles. The lowest BCUT2D eigenvalue weighted by molar-refractivity contribution is -0.668. The van der Waals surface area contributed by atoms with Gasteiger partial charge in [0.15, 0.2) is 6.20 Å². The first-order chi connectivity index (χ1) is 11.6. The summed E-state index contributed by atoms with van der Waals surface area (Å²) >= 11 is 1.80. The second-order valence-corrected chi connectivity index (χ2v) is 7.53. The number of aryl methyl sites for hydroxylation is 1. The Hall–Kier alpha value is -0.750. The lowest BCUT2D eigenvalue weighted by Crippen LogP contribution is -2.43. The summed E-state index contributed by atoms with van der Waals surface area (Å²) in [5.41, 5.74) is 1.35. The molecule has 0 amide bonds. The summed E-state index contributed by atoms with van der Waals surface area (Å²) in [4.78, 5) is 2.56. The number of thiazole rings is 1. The molecule has 0 radical (unpaired) electrons. The lowest BCUT2D eigenvalue weighted by atomic mass is 9.81. The van der Waals surface area contributed by atoms with Gasteiger partial charge < -0.3 is 14.4 Å². The van der Waals surface area contributed by atoms with Gasteiger partial charge in [-0.3, -0.25) is 0 Å². The van der Waals surface area contributed by atoms with Crippen LogP contribution < -0.4 is 4.57 Å². The minimum atomic E-state index is 0.240. The Balaban J connectivity index is 2.11. The number of nitrogens with zero attached hydrogens (tertiary/aromatic N) is 2. The summed E-state index contributed by atoms with van der Waals surface area (Å²) < 4.78 is 13.4. The number of methoxy groups -OCH3 is 1. The molecular formula is C19H33N2O2S+. The van der Waals surface area contributed by atoms with Crippen molar-refractivity contribution in [2.45, 2.75) is 52.2 Å². The average molecular weight is 354 g/mol. The minimum absolute atomic E-state index is 0.240. The van der Waals surface area contributed by atoms with E-state index in [1.807, 2.05) is 0 Å². The number of aromatic nitrogens is 1. The molecule has 1 heterocycles. The van der Waals surface area contributed by atoms with Crippen molar-refractivity contribution >= 4 is 16.9 Å². The molecule has 2 rings (SSSR count). The van der Waals surface area contributed by atoms with Crippen molar-refractivity contribution in [3.05, 3.63) is 22.7 Å². The summed E-state index contributed by atoms with van der Waals surface area (Å²) in [6, 6.07) is 0.629. The van der Waals surface area contributed by atoms with Gasteiger partial charge >= 0.3 is 0 Å². The largest absolute Gasteiger partial charge is 0.359 e. The van der Waals surface area contributed by atoms with Crippen molar-refractivity contribution in [2.24, 2.45) is 13.0 Å². The zero-order valence-electron chi connectivity index (χ0n) is 15.8. The van der Waals surface area contributed by atoms with Crippen LogP contribution in [0.3, 0.4) is 0 Å². The van der Waals surface area contributed by atoms with Gasteiger partial charge in [-0.05, 0) is 39.3 Å². The van der Waals surface area contributed by atoms with E-state index in [0.717, 1.165) is 19.5 Å². The van der Waals surface area contributed by atoms with Crippen LogP contribution >= 0.6 is 11.3 Å². The van der Waals surface area contributed by atoms with Crippen molar-refractivity contribution in [2.75, 3.05) is 27.0 Å². The topological polar surface area (TPSA) is 25.6 Å². The Bertz CT molecular complexity index is 525. The Morgan fingerprint density at radius 1 is 1.38 bits per heavy atom. The van der Waals surface area contributed by atoms with E-state index in [-0.39, 0.29) is 6.10 Å². The van der Waals surface area contributed by atoms with Gasteiger partial charge in [0.25, 0.3) is 5.01 Å². The van der Waals surface area contributed by atoms with Gasteiger partial charge in [-0.15, -0.1) is 0 Å². The molecule has 0 saturated heterocycles. The number of hydrogen-bond acceptors (Lipinski definition) is 4. The predicted octanol–water partition coefficient (Wildman–Crippen LogP) is 3.48. The molecule has 1 aromatic rings. The Kier molecular flexibility index (Phi) is 7.88. The summed E-state index contributed by atoms with van der Waals surface area (Å²) in [6.07, 6.45) is 8.31. The minimum Gasteiger partial charge on any atom is -0.359 e. The van der Waals surface area contributed by atoms with E-state index < -0.39 is 0 Å². The normalized spacial score (nSPS) is 25.4. The fourth-order valence-electron chi connectivity index (χ4n) is 3.84. The van der Waals surface area contributed by atoms with E-state index in [2.05, 4.69) is 54.9 Å². The third-order valence-electron chi connectivity index (χ3n) is 5.13. The highest BCUT2D eigenvalue weighted by Crippen LogP contribution is 2.33. The van der Waals surface area contributed by atoms with Gasteiger partial charge in [0.2, 0.25) is 0 Å². The quantitative estimate of drug-likeness (QED) is 0.528. The zero-order valence-corrected chi connectivity index (χ0v) is 16.6. The van der Waals surface area contributed by atoms with Crippen molar-refractivity contribution in [3.8, 4) is 0 Å². The smallest absolute Gasteiger partial charge is 0.264 e. The maximum absolute atomic E-state index is 6.07. The molecule has 0 aliphatic heterocycles. The Labute approximate surface area is 151 Å². The van der Waals surface area contributed by atoms with Crippen LogP contribution in [0.4, 0.5) is 0 Å². The standard InChI is InChI=1S/C19H33N2O2S/c1-6-21(7-2)17-9-8-16(18(13-17)23-14-22-5)12-15(3)19-20(4)10-11-24-19/h10-12,16-18H,6-9,13-14H2,1-5H3/q+1/b15-12+. The molecule has 1 fully saturated rings. The van der Waals surface area contributed by atoms with E-state index in [9.17, 15) is 0 Å². The molecule has 5 heteroatoms. The van der Waals surface area contributed by atoms with Crippen molar-refractivity contribution in [1.82, 2.24) is 4.90 Å². The number of ether oxygens (including phenoxy) is 2. The second-order valence-electron chi connectivity index (χ2n) is 6.63. The van der Waals surface area contributed by atoms with Gasteiger partial charge in [-0.25, -0.2) is 0 Å². The van der Waals surface area contributed by atoms with Crippen LogP contribution in [0.2, 0.25) is 0 Å². The van der Waals surface area contributed by atoms with Crippen LogP contribution in [0.25, 0.3) is 5.57 Å². The first-order valence-corrected chi connectivity index (χ1v) is 9.95. The van der Waals surface area contributed by atoms with Crippen molar-refractivity contribution in [1.29, 1.82) is 0 Å². The summed E-state index contributed by atoms with van der Waals surface area (Å²) in [5, 5.41) is 3.47. The molecular weight excluding hydrogens is 320 g/mol. The third kappa shape index (κ3) is 4.88. The highest BCUT2D eigenvalue weighted by molar-refractivity contribution is 7.10. The highest BCUT2D eigenvalue weighted by atomic mass is 32.1. The number of rotatable bonds is 8. The fraction of sp³-hybridized carbons (Fsp3) is 0.737. The average Bonchev–Trinajstić information content (AvgIpc) is 3.01. The van der Waals surface area contributed by atoms with Crippen LogP contribution in [0, 0.1) is 5.92 Å². The maximum Gasteiger partial charge on any atom is 0.264 e.